The van der Waals surface area contributed by atoms with Gasteiger partial charge in [-0.2, -0.15) is 5.26 Å². The molecule has 1 aromatic heterocycles. The molecule has 2 N–H and O–H groups in total. The average Bonchev–Trinajstić information content (AvgIpc) is 2.34. The van der Waals surface area contributed by atoms with E-state index in [0.29, 0.717) is 17.3 Å². The zero-order valence-corrected chi connectivity index (χ0v) is 10.4. The number of hydrogen-bond donors (Lipinski definition) is 2. The van der Waals surface area contributed by atoms with Gasteiger partial charge in [-0.15, -0.1) is 0 Å². The van der Waals surface area contributed by atoms with Crippen LogP contribution in [0.3, 0.4) is 0 Å². The van der Waals surface area contributed by atoms with Gasteiger partial charge in [0.05, 0.1) is 5.56 Å². The molecule has 1 atom stereocenters. The zero-order chi connectivity index (χ0) is 12.7. The number of hydrogen-bond acceptors (Lipinski definition) is 4. The van der Waals surface area contributed by atoms with E-state index in [2.05, 4.69) is 23.3 Å². The second-order valence-corrected chi connectivity index (χ2v) is 4.13. The maximum absolute atomic E-state index is 9.06. The van der Waals surface area contributed by atoms with Crippen molar-refractivity contribution >= 4 is 5.82 Å². The minimum atomic E-state index is 0.201. The van der Waals surface area contributed by atoms with Crippen molar-refractivity contribution in [2.75, 3.05) is 18.5 Å². The molecule has 0 spiro atoms. The lowest BCUT2D eigenvalue weighted by molar-refractivity contribution is 0.258. The molecule has 1 rings (SSSR count). The van der Waals surface area contributed by atoms with Crippen LogP contribution in [0.2, 0.25) is 0 Å². The highest BCUT2D eigenvalue weighted by molar-refractivity contribution is 5.55. The molecule has 0 radical (unpaired) electrons. The lowest BCUT2D eigenvalue weighted by atomic mass is 10.0. The Hall–Kier alpha value is -1.60. The molecule has 17 heavy (non-hydrogen) atoms. The van der Waals surface area contributed by atoms with E-state index in [1.54, 1.807) is 6.20 Å². The lowest BCUT2D eigenvalue weighted by Gasteiger charge is -2.15. The van der Waals surface area contributed by atoms with E-state index >= 15 is 0 Å². The fourth-order valence-corrected chi connectivity index (χ4v) is 1.71. The predicted molar refractivity (Wildman–Crippen MR) is 67.7 cm³/mol. The first kappa shape index (κ1) is 13.5. The third-order valence-corrected chi connectivity index (χ3v) is 2.94. The standard InChI is InChI=1S/C13H19N3O/c1-3-11(5-7-17)9-16-13-12(8-14)10(2)4-6-15-13/h4,6,11,17H,3,5,7,9H2,1-2H3,(H,15,16). The number of aliphatic hydroxyl groups excluding tert-OH is 1. The molecule has 4 heteroatoms. The Morgan fingerprint density at radius 3 is 2.94 bits per heavy atom. The molecule has 0 saturated carbocycles. The van der Waals surface area contributed by atoms with Crippen LogP contribution in [0.5, 0.6) is 0 Å². The smallest absolute Gasteiger partial charge is 0.144 e. The van der Waals surface area contributed by atoms with Gasteiger partial charge in [0.1, 0.15) is 11.9 Å². The highest BCUT2D eigenvalue weighted by atomic mass is 16.3. The Morgan fingerprint density at radius 1 is 1.59 bits per heavy atom. The van der Waals surface area contributed by atoms with Crippen LogP contribution < -0.4 is 5.32 Å². The lowest BCUT2D eigenvalue weighted by Crippen LogP contribution is -2.16. The number of nitrogens with zero attached hydrogens (tertiary/aromatic N) is 2. The summed E-state index contributed by atoms with van der Waals surface area (Å²) in [5, 5.41) is 21.2. The van der Waals surface area contributed by atoms with Gasteiger partial charge in [0.15, 0.2) is 0 Å². The van der Waals surface area contributed by atoms with E-state index in [4.69, 9.17) is 10.4 Å². The first-order valence-electron chi connectivity index (χ1n) is 5.93. The van der Waals surface area contributed by atoms with Gasteiger partial charge in [-0.1, -0.05) is 13.3 Å². The normalized spacial score (nSPS) is 11.9. The van der Waals surface area contributed by atoms with Gasteiger partial charge in [0, 0.05) is 19.3 Å². The Bertz CT molecular complexity index is 398. The molecule has 0 aliphatic heterocycles. The highest BCUT2D eigenvalue weighted by Gasteiger charge is 2.09. The number of aromatic nitrogens is 1. The summed E-state index contributed by atoms with van der Waals surface area (Å²) in [4.78, 5) is 4.18. The van der Waals surface area contributed by atoms with Gasteiger partial charge >= 0.3 is 0 Å². The third-order valence-electron chi connectivity index (χ3n) is 2.94. The molecule has 0 aromatic carbocycles. The fourth-order valence-electron chi connectivity index (χ4n) is 1.71. The monoisotopic (exact) mass is 233 g/mol. The third kappa shape index (κ3) is 3.72. The molecule has 0 aliphatic carbocycles. The molecule has 0 bridgehead atoms. The quantitative estimate of drug-likeness (QED) is 0.789. The summed E-state index contributed by atoms with van der Waals surface area (Å²) < 4.78 is 0. The molecule has 0 amide bonds. The first-order valence-corrected chi connectivity index (χ1v) is 5.93. The number of anilines is 1. The topological polar surface area (TPSA) is 68.9 Å². The summed E-state index contributed by atoms with van der Waals surface area (Å²) in [6.45, 7) is 4.93. The van der Waals surface area contributed by atoms with E-state index in [9.17, 15) is 0 Å². The first-order chi connectivity index (χ1) is 8.22. The van der Waals surface area contributed by atoms with Crippen molar-refractivity contribution in [3.05, 3.63) is 23.4 Å². The van der Waals surface area contributed by atoms with Crippen LogP contribution in [0, 0.1) is 24.2 Å². The number of nitrogens with one attached hydrogen (secondary N) is 1. The van der Waals surface area contributed by atoms with Crippen LogP contribution in [0.25, 0.3) is 0 Å². The van der Waals surface area contributed by atoms with E-state index < -0.39 is 0 Å². The number of rotatable bonds is 6. The fraction of sp³-hybridized carbons (Fsp3) is 0.538. The van der Waals surface area contributed by atoms with Crippen molar-refractivity contribution in [1.29, 1.82) is 5.26 Å². The van der Waals surface area contributed by atoms with E-state index in [-0.39, 0.29) is 6.61 Å². The van der Waals surface area contributed by atoms with Crippen LogP contribution in [-0.2, 0) is 0 Å². The molecular weight excluding hydrogens is 214 g/mol. The summed E-state index contributed by atoms with van der Waals surface area (Å²) in [7, 11) is 0. The average molecular weight is 233 g/mol. The van der Waals surface area contributed by atoms with Crippen molar-refractivity contribution in [3.63, 3.8) is 0 Å². The summed E-state index contributed by atoms with van der Waals surface area (Å²) in [6.07, 6.45) is 3.48. The number of aliphatic hydroxyl groups is 1. The second-order valence-electron chi connectivity index (χ2n) is 4.13. The van der Waals surface area contributed by atoms with E-state index in [1.165, 1.54) is 0 Å². The van der Waals surface area contributed by atoms with E-state index in [0.717, 1.165) is 24.9 Å². The Kier molecular flexibility index (Phi) is 5.44. The second kappa shape index (κ2) is 6.87. The van der Waals surface area contributed by atoms with Gasteiger partial charge in [0.25, 0.3) is 0 Å². The number of pyridine rings is 1. The molecule has 0 aliphatic rings. The van der Waals surface area contributed by atoms with Gasteiger partial charge < -0.3 is 10.4 Å². The van der Waals surface area contributed by atoms with Gasteiger partial charge in [-0.25, -0.2) is 4.98 Å². The van der Waals surface area contributed by atoms with Gasteiger partial charge in [-0.05, 0) is 30.9 Å². The van der Waals surface area contributed by atoms with Crippen molar-refractivity contribution in [2.24, 2.45) is 5.92 Å². The van der Waals surface area contributed by atoms with Crippen LogP contribution >= 0.6 is 0 Å². The van der Waals surface area contributed by atoms with Crippen molar-refractivity contribution in [2.45, 2.75) is 26.7 Å². The van der Waals surface area contributed by atoms with Crippen molar-refractivity contribution in [1.82, 2.24) is 4.98 Å². The van der Waals surface area contributed by atoms with Crippen LogP contribution in [0.4, 0.5) is 5.82 Å². The molecule has 92 valence electrons. The molecular formula is C13H19N3O. The summed E-state index contributed by atoms with van der Waals surface area (Å²) in [5.74, 6) is 1.05. The maximum atomic E-state index is 9.06. The molecule has 1 unspecified atom stereocenters. The molecule has 1 heterocycles. The SMILES string of the molecule is CCC(CCO)CNc1nccc(C)c1C#N. The minimum Gasteiger partial charge on any atom is -0.396 e. The van der Waals surface area contributed by atoms with Crippen LogP contribution in [0.1, 0.15) is 30.9 Å². The van der Waals surface area contributed by atoms with Gasteiger partial charge in [0.2, 0.25) is 0 Å². The number of aryl methyl sites for hydroxylation is 1. The zero-order valence-electron chi connectivity index (χ0n) is 10.4. The number of nitriles is 1. The highest BCUT2D eigenvalue weighted by Crippen LogP contribution is 2.16. The predicted octanol–water partition coefficient (Wildman–Crippen LogP) is 2.08. The van der Waals surface area contributed by atoms with Crippen molar-refractivity contribution < 1.29 is 5.11 Å². The minimum absolute atomic E-state index is 0.201. The summed E-state index contributed by atoms with van der Waals surface area (Å²) in [5.41, 5.74) is 1.53. The summed E-state index contributed by atoms with van der Waals surface area (Å²) in [6, 6.07) is 3.99. The Labute approximate surface area is 102 Å². The van der Waals surface area contributed by atoms with Crippen LogP contribution in [0.15, 0.2) is 12.3 Å². The van der Waals surface area contributed by atoms with E-state index in [1.807, 2.05) is 13.0 Å². The molecule has 4 nitrogen and oxygen atoms in total. The van der Waals surface area contributed by atoms with Crippen molar-refractivity contribution in [3.8, 4) is 6.07 Å². The molecule has 0 fully saturated rings. The maximum Gasteiger partial charge on any atom is 0.144 e. The Balaban J connectivity index is 2.69. The summed E-state index contributed by atoms with van der Waals surface area (Å²) >= 11 is 0. The Morgan fingerprint density at radius 2 is 2.35 bits per heavy atom. The molecule has 0 saturated heterocycles. The largest absolute Gasteiger partial charge is 0.396 e. The van der Waals surface area contributed by atoms with Gasteiger partial charge in [-0.3, -0.25) is 0 Å². The molecule has 1 aromatic rings. The van der Waals surface area contributed by atoms with Crippen LogP contribution in [-0.4, -0.2) is 23.2 Å².